The number of halogens is 1. The molecule has 0 radical (unpaired) electrons. The van der Waals surface area contributed by atoms with Crippen molar-refractivity contribution in [1.29, 1.82) is 5.26 Å². The van der Waals surface area contributed by atoms with Crippen LogP contribution in [0.15, 0.2) is 36.4 Å². The van der Waals surface area contributed by atoms with Crippen molar-refractivity contribution in [3.8, 4) is 11.8 Å². The number of piperidine rings is 1. The summed E-state index contributed by atoms with van der Waals surface area (Å²) in [5.74, 6) is 0.609. The highest BCUT2D eigenvalue weighted by atomic mass is 35.5. The van der Waals surface area contributed by atoms with E-state index in [0.717, 1.165) is 37.9 Å². The average Bonchev–Trinajstić information content (AvgIpc) is 3.01. The molecule has 5 nitrogen and oxygen atoms in total. The molecule has 2 aliphatic rings. The minimum atomic E-state index is -0.195. The monoisotopic (exact) mass is 382 g/mol. The fourth-order valence-electron chi connectivity index (χ4n) is 4.21. The van der Waals surface area contributed by atoms with Crippen molar-refractivity contribution in [2.45, 2.75) is 37.5 Å². The zero-order valence-corrected chi connectivity index (χ0v) is 15.8. The molecule has 0 saturated carbocycles. The van der Waals surface area contributed by atoms with Crippen molar-refractivity contribution >= 4 is 17.3 Å². The van der Waals surface area contributed by atoms with Crippen LogP contribution in [0.4, 0.5) is 5.69 Å². The van der Waals surface area contributed by atoms with E-state index in [9.17, 15) is 5.26 Å². The van der Waals surface area contributed by atoms with E-state index in [2.05, 4.69) is 11.0 Å². The molecule has 27 heavy (non-hydrogen) atoms. The number of anilines is 1. The minimum Gasteiger partial charge on any atom is -0.482 e. The lowest BCUT2D eigenvalue weighted by Gasteiger charge is -2.38. The highest BCUT2D eigenvalue weighted by Gasteiger charge is 2.39. The lowest BCUT2D eigenvalue weighted by atomic mass is 10.0. The molecule has 0 bridgehead atoms. The molecule has 0 aromatic heterocycles. The number of nitrogens with zero attached hydrogens (tertiary/aromatic N) is 2. The molecular weight excluding hydrogens is 360 g/mol. The van der Waals surface area contributed by atoms with Gasteiger partial charge in [-0.3, -0.25) is 4.90 Å². The van der Waals surface area contributed by atoms with Gasteiger partial charge in [0.25, 0.3) is 0 Å². The van der Waals surface area contributed by atoms with Crippen molar-refractivity contribution in [2.24, 2.45) is 5.73 Å². The largest absolute Gasteiger partial charge is 0.482 e. The summed E-state index contributed by atoms with van der Waals surface area (Å²) in [6.45, 7) is 1.87. The normalized spacial score (nSPS) is 25.0. The Morgan fingerprint density at radius 3 is 2.81 bits per heavy atom. The first-order chi connectivity index (χ1) is 13.0. The van der Waals surface area contributed by atoms with Gasteiger partial charge < -0.3 is 16.2 Å². The van der Waals surface area contributed by atoms with E-state index < -0.39 is 0 Å². The molecule has 0 spiro atoms. The van der Waals surface area contributed by atoms with Gasteiger partial charge in [0.15, 0.2) is 0 Å². The number of benzene rings is 2. The predicted molar refractivity (Wildman–Crippen MR) is 107 cm³/mol. The first-order valence-electron chi connectivity index (χ1n) is 9.29. The Labute approximate surface area is 164 Å². The van der Waals surface area contributed by atoms with Crippen LogP contribution in [-0.2, 0) is 6.42 Å². The van der Waals surface area contributed by atoms with Crippen molar-refractivity contribution in [3.05, 3.63) is 58.1 Å². The third-order valence-electron chi connectivity index (χ3n) is 5.53. The van der Waals surface area contributed by atoms with Crippen LogP contribution in [0.3, 0.4) is 0 Å². The SMILES string of the molecule is N#Cc1ccc2c(c1)[C@@H](Oc1ccc(N)cc1Cl)[C@H](N1CCC[C@@H](N)C1)C2. The Kier molecular flexibility index (Phi) is 4.96. The molecule has 2 aromatic carbocycles. The van der Waals surface area contributed by atoms with E-state index in [1.807, 2.05) is 24.3 Å². The number of nitriles is 1. The molecule has 1 saturated heterocycles. The molecule has 0 amide bonds. The van der Waals surface area contributed by atoms with Crippen LogP contribution in [-0.4, -0.2) is 30.1 Å². The number of nitrogens with two attached hydrogens (primary N) is 2. The summed E-state index contributed by atoms with van der Waals surface area (Å²) in [7, 11) is 0. The lowest BCUT2D eigenvalue weighted by Crippen LogP contribution is -2.49. The van der Waals surface area contributed by atoms with E-state index in [1.54, 1.807) is 12.1 Å². The molecule has 4 N–H and O–H groups in total. The molecule has 1 heterocycles. The molecule has 6 heteroatoms. The number of hydrogen-bond donors (Lipinski definition) is 2. The first-order valence-corrected chi connectivity index (χ1v) is 9.67. The summed E-state index contributed by atoms with van der Waals surface area (Å²) < 4.78 is 6.41. The van der Waals surface area contributed by atoms with Crippen LogP contribution in [0.2, 0.25) is 5.02 Å². The Balaban J connectivity index is 1.69. The average molecular weight is 383 g/mol. The topological polar surface area (TPSA) is 88.3 Å². The maximum atomic E-state index is 9.32. The first kappa shape index (κ1) is 18.1. The third kappa shape index (κ3) is 3.61. The van der Waals surface area contributed by atoms with Crippen molar-refractivity contribution < 1.29 is 4.74 Å². The Morgan fingerprint density at radius 1 is 1.22 bits per heavy atom. The maximum Gasteiger partial charge on any atom is 0.140 e. The van der Waals surface area contributed by atoms with Gasteiger partial charge in [-0.1, -0.05) is 17.7 Å². The molecule has 1 aliphatic heterocycles. The Bertz CT molecular complexity index is 894. The summed E-state index contributed by atoms with van der Waals surface area (Å²) >= 11 is 6.36. The van der Waals surface area contributed by atoms with Crippen LogP contribution in [0.1, 0.15) is 35.6 Å². The van der Waals surface area contributed by atoms with E-state index in [-0.39, 0.29) is 18.2 Å². The molecule has 2 aromatic rings. The molecule has 4 rings (SSSR count). The number of nitrogen functional groups attached to an aromatic ring is 1. The fourth-order valence-corrected chi connectivity index (χ4v) is 4.44. The van der Waals surface area contributed by atoms with Gasteiger partial charge in [0.1, 0.15) is 11.9 Å². The van der Waals surface area contributed by atoms with Crippen LogP contribution in [0.25, 0.3) is 0 Å². The Hall–Kier alpha value is -2.26. The van der Waals surface area contributed by atoms with Gasteiger partial charge in [-0.25, -0.2) is 0 Å². The van der Waals surface area contributed by atoms with Crippen LogP contribution < -0.4 is 16.2 Å². The number of hydrogen-bond acceptors (Lipinski definition) is 5. The van der Waals surface area contributed by atoms with E-state index in [1.165, 1.54) is 5.56 Å². The van der Waals surface area contributed by atoms with Crippen molar-refractivity contribution in [2.75, 3.05) is 18.8 Å². The molecule has 140 valence electrons. The van der Waals surface area contributed by atoms with E-state index in [4.69, 9.17) is 27.8 Å². The highest BCUT2D eigenvalue weighted by Crippen LogP contribution is 2.41. The summed E-state index contributed by atoms with van der Waals surface area (Å²) in [6, 6.07) is 13.7. The molecule has 1 aliphatic carbocycles. The summed E-state index contributed by atoms with van der Waals surface area (Å²) in [5, 5.41) is 9.81. The van der Waals surface area contributed by atoms with Gasteiger partial charge in [-0.2, -0.15) is 5.26 Å². The van der Waals surface area contributed by atoms with Gasteiger partial charge in [0.05, 0.1) is 22.7 Å². The van der Waals surface area contributed by atoms with Crippen molar-refractivity contribution in [1.82, 2.24) is 4.90 Å². The van der Waals surface area contributed by atoms with Crippen LogP contribution >= 0.6 is 11.6 Å². The quantitative estimate of drug-likeness (QED) is 0.795. The zero-order valence-electron chi connectivity index (χ0n) is 15.1. The maximum absolute atomic E-state index is 9.32. The number of rotatable bonds is 3. The number of ether oxygens (including phenoxy) is 1. The highest BCUT2D eigenvalue weighted by molar-refractivity contribution is 6.32. The van der Waals surface area contributed by atoms with Crippen LogP contribution in [0.5, 0.6) is 5.75 Å². The van der Waals surface area contributed by atoms with Gasteiger partial charge in [0, 0.05) is 18.3 Å². The Morgan fingerprint density at radius 2 is 2.07 bits per heavy atom. The second-order valence-corrected chi connectivity index (χ2v) is 7.83. The van der Waals surface area contributed by atoms with Gasteiger partial charge in [-0.05, 0) is 67.3 Å². The summed E-state index contributed by atoms with van der Waals surface area (Å²) in [6.07, 6.45) is 2.83. The third-order valence-corrected chi connectivity index (χ3v) is 5.82. The fraction of sp³-hybridized carbons (Fsp3) is 0.381. The standard InChI is InChI=1S/C21H23ClN4O/c22-18-10-15(24)5-6-20(18)27-21-17-8-13(11-23)3-4-14(17)9-19(21)26-7-1-2-16(25)12-26/h3-6,8,10,16,19,21H,1-2,7,9,12,24-25H2/t16-,19-,21-/m1/s1. The van der Waals surface area contributed by atoms with Crippen molar-refractivity contribution in [3.63, 3.8) is 0 Å². The van der Waals surface area contributed by atoms with Gasteiger partial charge in [0.2, 0.25) is 0 Å². The summed E-state index contributed by atoms with van der Waals surface area (Å²) in [5.41, 5.74) is 15.6. The zero-order chi connectivity index (χ0) is 19.0. The van der Waals surface area contributed by atoms with Gasteiger partial charge >= 0.3 is 0 Å². The smallest absolute Gasteiger partial charge is 0.140 e. The lowest BCUT2D eigenvalue weighted by molar-refractivity contribution is 0.0594. The van der Waals surface area contributed by atoms with Crippen LogP contribution in [0, 0.1) is 11.3 Å². The number of fused-ring (bicyclic) bond motifs is 1. The van der Waals surface area contributed by atoms with Gasteiger partial charge in [-0.15, -0.1) is 0 Å². The second kappa shape index (κ2) is 7.40. The minimum absolute atomic E-state index is 0.175. The molecule has 0 unspecified atom stereocenters. The molecule has 1 fully saturated rings. The molecule has 3 atom stereocenters. The number of likely N-dealkylation sites (tertiary alicyclic amines) is 1. The molecular formula is C21H23ClN4O. The van der Waals surface area contributed by atoms with E-state index in [0.29, 0.717) is 22.0 Å². The summed E-state index contributed by atoms with van der Waals surface area (Å²) in [4.78, 5) is 2.43. The van der Waals surface area contributed by atoms with E-state index >= 15 is 0 Å². The second-order valence-electron chi connectivity index (χ2n) is 7.42. The predicted octanol–water partition coefficient (Wildman–Crippen LogP) is 3.26.